The van der Waals surface area contributed by atoms with Gasteiger partial charge < -0.3 is 9.47 Å². The lowest BCUT2D eigenvalue weighted by Gasteiger charge is -2.42. The smallest absolute Gasteiger partial charge is 0.0991 e. The molecule has 7 aromatic rings. The third-order valence-electron chi connectivity index (χ3n) is 9.20. The number of nitriles is 2. The molecular formula is C41H28N4. The zero-order chi connectivity index (χ0) is 30.7. The maximum Gasteiger partial charge on any atom is 0.0991 e. The molecule has 1 aliphatic rings. The van der Waals surface area contributed by atoms with Gasteiger partial charge in [0.15, 0.2) is 0 Å². The first kappa shape index (κ1) is 26.5. The molecule has 0 bridgehead atoms. The van der Waals surface area contributed by atoms with Crippen molar-refractivity contribution in [2.75, 3.05) is 4.90 Å². The Bertz CT molecular complexity index is 2280. The maximum atomic E-state index is 9.59. The molecule has 212 valence electrons. The van der Waals surface area contributed by atoms with Crippen LogP contribution < -0.4 is 4.90 Å². The summed E-state index contributed by atoms with van der Waals surface area (Å²) in [7, 11) is 0. The van der Waals surface area contributed by atoms with Gasteiger partial charge in [0.25, 0.3) is 0 Å². The Morgan fingerprint density at radius 2 is 1.00 bits per heavy atom. The predicted molar refractivity (Wildman–Crippen MR) is 182 cm³/mol. The molecule has 0 fully saturated rings. The van der Waals surface area contributed by atoms with Crippen LogP contribution in [-0.4, -0.2) is 4.57 Å². The first-order valence-electron chi connectivity index (χ1n) is 15.1. The van der Waals surface area contributed by atoms with Gasteiger partial charge in [-0.25, -0.2) is 0 Å². The van der Waals surface area contributed by atoms with Gasteiger partial charge in [0, 0.05) is 27.6 Å². The average Bonchev–Trinajstić information content (AvgIpc) is 3.41. The minimum absolute atomic E-state index is 0.111. The molecule has 0 unspecified atom stereocenters. The Morgan fingerprint density at radius 3 is 1.53 bits per heavy atom. The van der Waals surface area contributed by atoms with E-state index >= 15 is 0 Å². The summed E-state index contributed by atoms with van der Waals surface area (Å²) in [6.45, 7) is 4.61. The summed E-state index contributed by atoms with van der Waals surface area (Å²) in [5, 5.41) is 21.1. The number of aromatic nitrogens is 1. The van der Waals surface area contributed by atoms with Gasteiger partial charge in [-0.1, -0.05) is 74.5 Å². The molecule has 2 heterocycles. The van der Waals surface area contributed by atoms with Crippen molar-refractivity contribution in [3.63, 3.8) is 0 Å². The molecule has 4 heteroatoms. The van der Waals surface area contributed by atoms with Crippen LogP contribution in [0, 0.1) is 22.7 Å². The molecule has 0 saturated carbocycles. The highest BCUT2D eigenvalue weighted by molar-refractivity contribution is 6.10. The Labute approximate surface area is 262 Å². The van der Waals surface area contributed by atoms with Crippen LogP contribution in [0.2, 0.25) is 0 Å². The fraction of sp³-hybridized carbons (Fsp3) is 0.0732. The van der Waals surface area contributed by atoms with Crippen molar-refractivity contribution < 1.29 is 0 Å². The van der Waals surface area contributed by atoms with Crippen LogP contribution >= 0.6 is 0 Å². The second kappa shape index (κ2) is 9.98. The summed E-state index contributed by atoms with van der Waals surface area (Å²) in [4.78, 5) is 2.38. The van der Waals surface area contributed by atoms with E-state index < -0.39 is 0 Å². The van der Waals surface area contributed by atoms with Gasteiger partial charge in [0.1, 0.15) is 0 Å². The van der Waals surface area contributed by atoms with E-state index in [1.54, 1.807) is 0 Å². The van der Waals surface area contributed by atoms with E-state index in [2.05, 4.69) is 133 Å². The number of para-hydroxylation sites is 2. The van der Waals surface area contributed by atoms with Gasteiger partial charge >= 0.3 is 0 Å². The summed E-state index contributed by atoms with van der Waals surface area (Å²) in [5.41, 5.74) is 12.4. The Morgan fingerprint density at radius 1 is 0.511 bits per heavy atom. The molecule has 8 rings (SSSR count). The van der Waals surface area contributed by atoms with Crippen molar-refractivity contribution in [1.82, 2.24) is 4.57 Å². The number of benzene rings is 6. The highest BCUT2D eigenvalue weighted by Crippen LogP contribution is 2.51. The Kier molecular flexibility index (Phi) is 5.88. The number of hydrogen-bond donors (Lipinski definition) is 0. The molecule has 0 radical (unpaired) electrons. The second-order valence-electron chi connectivity index (χ2n) is 12.1. The number of nitrogens with zero attached hydrogens (tertiary/aromatic N) is 4. The van der Waals surface area contributed by atoms with Gasteiger partial charge in [-0.2, -0.15) is 10.5 Å². The van der Waals surface area contributed by atoms with Crippen molar-refractivity contribution in [2.24, 2.45) is 0 Å². The first-order valence-corrected chi connectivity index (χ1v) is 15.1. The van der Waals surface area contributed by atoms with Crippen LogP contribution in [0.25, 0.3) is 38.6 Å². The van der Waals surface area contributed by atoms with Gasteiger partial charge in [-0.3, -0.25) is 0 Å². The highest BCUT2D eigenvalue weighted by Gasteiger charge is 2.36. The molecule has 0 amide bonds. The lowest BCUT2D eigenvalue weighted by molar-refractivity contribution is 0.632. The van der Waals surface area contributed by atoms with Gasteiger partial charge in [-0.15, -0.1) is 0 Å². The van der Waals surface area contributed by atoms with Crippen LogP contribution in [0.1, 0.15) is 36.1 Å². The van der Waals surface area contributed by atoms with Gasteiger partial charge in [0.2, 0.25) is 0 Å². The van der Waals surface area contributed by atoms with Crippen LogP contribution in [0.3, 0.4) is 0 Å². The molecular weight excluding hydrogens is 548 g/mol. The SMILES string of the molecule is CC1(C)c2ccccc2N(c2cccc(-c3cccc(-n4c5ccc(C#N)cc5c5cc(C#N)ccc54)c3)c2)c2ccccc21. The lowest BCUT2D eigenvalue weighted by Crippen LogP contribution is -2.30. The number of anilines is 3. The molecule has 0 N–H and O–H groups in total. The Hall–Kier alpha value is -6.10. The molecule has 6 aromatic carbocycles. The molecule has 4 nitrogen and oxygen atoms in total. The predicted octanol–water partition coefficient (Wildman–Crippen LogP) is 10.3. The number of fused-ring (bicyclic) bond motifs is 5. The quantitative estimate of drug-likeness (QED) is 0.210. The molecule has 0 saturated heterocycles. The minimum Gasteiger partial charge on any atom is -0.310 e. The van der Waals surface area contributed by atoms with Gasteiger partial charge in [0.05, 0.1) is 45.7 Å². The molecule has 0 aliphatic carbocycles. The summed E-state index contributed by atoms with van der Waals surface area (Å²) in [5.74, 6) is 0. The summed E-state index contributed by atoms with van der Waals surface area (Å²) >= 11 is 0. The first-order chi connectivity index (χ1) is 22.0. The van der Waals surface area contributed by atoms with E-state index in [1.165, 1.54) is 22.5 Å². The zero-order valence-electron chi connectivity index (χ0n) is 25.0. The molecule has 1 aliphatic heterocycles. The van der Waals surface area contributed by atoms with Crippen molar-refractivity contribution in [3.05, 3.63) is 156 Å². The van der Waals surface area contributed by atoms with E-state index in [9.17, 15) is 10.5 Å². The topological polar surface area (TPSA) is 55.8 Å². The van der Waals surface area contributed by atoms with E-state index in [4.69, 9.17) is 0 Å². The fourth-order valence-electron chi connectivity index (χ4n) is 7.04. The molecule has 0 atom stereocenters. The largest absolute Gasteiger partial charge is 0.310 e. The second-order valence-corrected chi connectivity index (χ2v) is 12.1. The third kappa shape index (κ3) is 4.04. The molecule has 0 spiro atoms. The minimum atomic E-state index is -0.111. The van der Waals surface area contributed by atoms with Crippen LogP contribution in [0.15, 0.2) is 133 Å². The lowest BCUT2D eigenvalue weighted by atomic mass is 9.73. The zero-order valence-corrected chi connectivity index (χ0v) is 25.0. The van der Waals surface area contributed by atoms with Gasteiger partial charge in [-0.05, 0) is 95.1 Å². The van der Waals surface area contributed by atoms with E-state index in [-0.39, 0.29) is 5.41 Å². The Balaban J connectivity index is 1.28. The van der Waals surface area contributed by atoms with E-state index in [1.807, 2.05) is 36.4 Å². The van der Waals surface area contributed by atoms with Crippen molar-refractivity contribution in [1.29, 1.82) is 10.5 Å². The van der Waals surface area contributed by atoms with Crippen molar-refractivity contribution in [3.8, 4) is 29.0 Å². The maximum absolute atomic E-state index is 9.59. The summed E-state index contributed by atoms with van der Waals surface area (Å²) in [6.07, 6.45) is 0. The van der Waals surface area contributed by atoms with E-state index in [0.29, 0.717) is 11.1 Å². The van der Waals surface area contributed by atoms with Crippen LogP contribution in [-0.2, 0) is 5.41 Å². The van der Waals surface area contributed by atoms with Crippen LogP contribution in [0.4, 0.5) is 17.1 Å². The normalized spacial score (nSPS) is 13.2. The average molecular weight is 577 g/mol. The number of rotatable bonds is 3. The van der Waals surface area contributed by atoms with E-state index in [0.717, 1.165) is 44.3 Å². The molecule has 45 heavy (non-hydrogen) atoms. The molecule has 1 aromatic heterocycles. The van der Waals surface area contributed by atoms with Crippen molar-refractivity contribution >= 4 is 38.9 Å². The van der Waals surface area contributed by atoms with Crippen LogP contribution in [0.5, 0.6) is 0 Å². The third-order valence-corrected chi connectivity index (χ3v) is 9.20. The monoisotopic (exact) mass is 576 g/mol. The van der Waals surface area contributed by atoms with Crippen molar-refractivity contribution in [2.45, 2.75) is 19.3 Å². The summed E-state index contributed by atoms with van der Waals surface area (Å²) < 4.78 is 2.22. The standard InChI is InChI=1S/C41H28N4/c1-41(2)35-13-3-5-15-39(35)45(40-16-6-4-14-36(40)41)32-12-8-10-30(24-32)29-9-7-11-31(23-29)44-37-19-17-27(25-42)21-33(37)34-22-28(26-43)18-20-38(34)44/h3-24H,1-2H3. The summed E-state index contributed by atoms with van der Waals surface area (Å²) in [6, 6.07) is 50.8. The highest BCUT2D eigenvalue weighted by atomic mass is 15.2. The number of hydrogen-bond acceptors (Lipinski definition) is 3. The fourth-order valence-corrected chi connectivity index (χ4v) is 7.04.